The number of nitrogens with one attached hydrogen (secondary N) is 2. The van der Waals surface area contributed by atoms with E-state index in [2.05, 4.69) is 10.6 Å². The van der Waals surface area contributed by atoms with Crippen LogP contribution in [0.3, 0.4) is 0 Å². The van der Waals surface area contributed by atoms with Crippen LogP contribution in [0.4, 0.5) is 0 Å². The predicted molar refractivity (Wildman–Crippen MR) is 61.0 cm³/mol. The van der Waals surface area contributed by atoms with Gasteiger partial charge in [-0.05, 0) is 37.1 Å². The average molecular weight is 220 g/mol. The lowest BCUT2D eigenvalue weighted by Gasteiger charge is -2.10. The van der Waals surface area contributed by atoms with Gasteiger partial charge in [0.1, 0.15) is 5.75 Å². The summed E-state index contributed by atoms with van der Waals surface area (Å²) in [6, 6.07) is 6.82. The number of carbonyl (C=O) groups excluding carboxylic acids is 1. The highest BCUT2D eigenvalue weighted by Gasteiger charge is 2.21. The van der Waals surface area contributed by atoms with Gasteiger partial charge in [-0.15, -0.1) is 0 Å². The summed E-state index contributed by atoms with van der Waals surface area (Å²) in [5.41, 5.74) is 0.990. The van der Waals surface area contributed by atoms with Crippen LogP contribution in [-0.2, 0) is 11.3 Å². The standard InChI is InChI=1S/C12H16N2O2/c15-10-5-3-9(4-6-10)8-14-12(16)11-2-1-7-13-11/h3-6,11,13,15H,1-2,7-8H2,(H,14,16). The van der Waals surface area contributed by atoms with Gasteiger partial charge in [0.15, 0.2) is 0 Å². The summed E-state index contributed by atoms with van der Waals surface area (Å²) in [7, 11) is 0. The van der Waals surface area contributed by atoms with Crippen LogP contribution in [0.5, 0.6) is 5.75 Å². The van der Waals surface area contributed by atoms with Crippen molar-refractivity contribution < 1.29 is 9.90 Å². The molecular formula is C12H16N2O2. The van der Waals surface area contributed by atoms with E-state index in [-0.39, 0.29) is 17.7 Å². The summed E-state index contributed by atoms with van der Waals surface area (Å²) < 4.78 is 0. The van der Waals surface area contributed by atoms with Crippen molar-refractivity contribution in [2.24, 2.45) is 0 Å². The van der Waals surface area contributed by atoms with Gasteiger partial charge in [0.05, 0.1) is 6.04 Å². The van der Waals surface area contributed by atoms with Crippen LogP contribution in [-0.4, -0.2) is 23.6 Å². The number of phenolic OH excluding ortho intramolecular Hbond substituents is 1. The zero-order chi connectivity index (χ0) is 11.4. The SMILES string of the molecule is O=C(NCc1ccc(O)cc1)C1CCCN1. The second kappa shape index (κ2) is 4.99. The Bertz CT molecular complexity index is 356. The first kappa shape index (κ1) is 11.0. The quantitative estimate of drug-likeness (QED) is 0.704. The summed E-state index contributed by atoms with van der Waals surface area (Å²) in [6.45, 7) is 1.44. The van der Waals surface area contributed by atoms with Crippen molar-refractivity contribution in [3.63, 3.8) is 0 Å². The monoisotopic (exact) mass is 220 g/mol. The Morgan fingerprint density at radius 3 is 2.81 bits per heavy atom. The molecule has 0 radical (unpaired) electrons. The molecule has 0 aliphatic carbocycles. The van der Waals surface area contributed by atoms with E-state index < -0.39 is 0 Å². The van der Waals surface area contributed by atoms with Gasteiger partial charge in [0.2, 0.25) is 5.91 Å². The second-order valence-corrected chi connectivity index (χ2v) is 4.03. The molecule has 1 amide bonds. The molecule has 1 unspecified atom stereocenters. The highest BCUT2D eigenvalue weighted by molar-refractivity contribution is 5.81. The fourth-order valence-electron chi connectivity index (χ4n) is 1.83. The van der Waals surface area contributed by atoms with Crippen LogP contribution in [0.2, 0.25) is 0 Å². The minimum Gasteiger partial charge on any atom is -0.508 e. The van der Waals surface area contributed by atoms with Crippen molar-refractivity contribution in [3.8, 4) is 5.75 Å². The third-order valence-electron chi connectivity index (χ3n) is 2.78. The highest BCUT2D eigenvalue weighted by atomic mass is 16.3. The lowest BCUT2D eigenvalue weighted by molar-refractivity contribution is -0.122. The molecule has 1 saturated heterocycles. The highest BCUT2D eigenvalue weighted by Crippen LogP contribution is 2.10. The Hall–Kier alpha value is -1.55. The number of amides is 1. The molecule has 1 aliphatic rings. The van der Waals surface area contributed by atoms with Crippen LogP contribution in [0, 0.1) is 0 Å². The van der Waals surface area contributed by atoms with Crippen molar-refractivity contribution in [2.45, 2.75) is 25.4 Å². The Kier molecular flexibility index (Phi) is 3.41. The van der Waals surface area contributed by atoms with E-state index in [4.69, 9.17) is 5.11 Å². The molecule has 1 fully saturated rings. The Labute approximate surface area is 94.7 Å². The zero-order valence-corrected chi connectivity index (χ0v) is 9.07. The van der Waals surface area contributed by atoms with Crippen LogP contribution in [0.15, 0.2) is 24.3 Å². The summed E-state index contributed by atoms with van der Waals surface area (Å²) in [4.78, 5) is 11.7. The molecule has 0 saturated carbocycles. The van der Waals surface area contributed by atoms with Crippen molar-refractivity contribution in [2.75, 3.05) is 6.54 Å². The molecule has 1 heterocycles. The first-order valence-corrected chi connectivity index (χ1v) is 5.55. The summed E-state index contributed by atoms with van der Waals surface area (Å²) in [5, 5.41) is 15.1. The van der Waals surface area contributed by atoms with E-state index in [1.54, 1.807) is 24.3 Å². The molecule has 3 N–H and O–H groups in total. The van der Waals surface area contributed by atoms with Crippen molar-refractivity contribution in [3.05, 3.63) is 29.8 Å². The summed E-state index contributed by atoms with van der Waals surface area (Å²) in [6.07, 6.45) is 1.98. The van der Waals surface area contributed by atoms with Crippen LogP contribution >= 0.6 is 0 Å². The molecule has 1 atom stereocenters. The van der Waals surface area contributed by atoms with Crippen molar-refractivity contribution >= 4 is 5.91 Å². The Morgan fingerprint density at radius 1 is 1.44 bits per heavy atom. The van der Waals surface area contributed by atoms with E-state index in [9.17, 15) is 4.79 Å². The van der Waals surface area contributed by atoms with Gasteiger partial charge in [-0.2, -0.15) is 0 Å². The molecule has 1 aromatic rings. The van der Waals surface area contributed by atoms with E-state index in [1.165, 1.54) is 0 Å². The third-order valence-corrected chi connectivity index (χ3v) is 2.78. The normalized spacial score (nSPS) is 19.6. The first-order chi connectivity index (χ1) is 7.75. The smallest absolute Gasteiger partial charge is 0.237 e. The minimum absolute atomic E-state index is 0.0304. The molecule has 0 bridgehead atoms. The number of rotatable bonds is 3. The summed E-state index contributed by atoms with van der Waals surface area (Å²) in [5.74, 6) is 0.304. The number of hydrogen-bond acceptors (Lipinski definition) is 3. The molecule has 2 rings (SSSR count). The molecule has 86 valence electrons. The topological polar surface area (TPSA) is 61.4 Å². The second-order valence-electron chi connectivity index (χ2n) is 4.03. The van der Waals surface area contributed by atoms with Gasteiger partial charge < -0.3 is 15.7 Å². The van der Waals surface area contributed by atoms with Crippen molar-refractivity contribution in [1.82, 2.24) is 10.6 Å². The fraction of sp³-hybridized carbons (Fsp3) is 0.417. The van der Waals surface area contributed by atoms with Gasteiger partial charge in [0.25, 0.3) is 0 Å². The van der Waals surface area contributed by atoms with E-state index >= 15 is 0 Å². The predicted octanol–water partition coefficient (Wildman–Crippen LogP) is 0.760. The van der Waals surface area contributed by atoms with Gasteiger partial charge in [0, 0.05) is 6.54 Å². The molecule has 0 aromatic heterocycles. The number of benzene rings is 1. The zero-order valence-electron chi connectivity index (χ0n) is 9.07. The van der Waals surface area contributed by atoms with Crippen LogP contribution < -0.4 is 10.6 Å². The minimum atomic E-state index is -0.0304. The molecule has 16 heavy (non-hydrogen) atoms. The lowest BCUT2D eigenvalue weighted by Crippen LogP contribution is -2.39. The molecule has 4 nitrogen and oxygen atoms in total. The average Bonchev–Trinajstić information content (AvgIpc) is 2.81. The fourth-order valence-corrected chi connectivity index (χ4v) is 1.83. The number of phenols is 1. The number of hydrogen-bond donors (Lipinski definition) is 3. The molecule has 1 aliphatic heterocycles. The maximum atomic E-state index is 11.7. The number of carbonyl (C=O) groups is 1. The molecular weight excluding hydrogens is 204 g/mol. The first-order valence-electron chi connectivity index (χ1n) is 5.55. The number of aromatic hydroxyl groups is 1. The molecule has 1 aromatic carbocycles. The maximum absolute atomic E-state index is 11.7. The van der Waals surface area contributed by atoms with Gasteiger partial charge in [-0.1, -0.05) is 12.1 Å². The van der Waals surface area contributed by atoms with E-state index in [1.807, 2.05) is 0 Å². The van der Waals surface area contributed by atoms with E-state index in [0.29, 0.717) is 6.54 Å². The van der Waals surface area contributed by atoms with Crippen molar-refractivity contribution in [1.29, 1.82) is 0 Å². The van der Waals surface area contributed by atoms with Gasteiger partial charge >= 0.3 is 0 Å². The van der Waals surface area contributed by atoms with E-state index in [0.717, 1.165) is 24.9 Å². The Balaban J connectivity index is 1.82. The summed E-state index contributed by atoms with van der Waals surface area (Å²) >= 11 is 0. The third kappa shape index (κ3) is 2.73. The molecule has 4 heteroatoms. The maximum Gasteiger partial charge on any atom is 0.237 e. The van der Waals surface area contributed by atoms with Crippen LogP contribution in [0.1, 0.15) is 18.4 Å². The van der Waals surface area contributed by atoms with Gasteiger partial charge in [-0.25, -0.2) is 0 Å². The largest absolute Gasteiger partial charge is 0.508 e. The molecule has 0 spiro atoms. The van der Waals surface area contributed by atoms with Crippen LogP contribution in [0.25, 0.3) is 0 Å². The Morgan fingerprint density at radius 2 is 2.19 bits per heavy atom. The lowest BCUT2D eigenvalue weighted by atomic mass is 10.2. The van der Waals surface area contributed by atoms with Gasteiger partial charge in [-0.3, -0.25) is 4.79 Å².